The Morgan fingerprint density at radius 1 is 1.14 bits per heavy atom. The number of benzene rings is 2. The number of nitrogens with zero attached hydrogens (tertiary/aromatic N) is 5. The summed E-state index contributed by atoms with van der Waals surface area (Å²) in [6.45, 7) is 3.68. The van der Waals surface area contributed by atoms with Crippen LogP contribution in [0.15, 0.2) is 53.5 Å². The first kappa shape index (κ1) is 27.9. The van der Waals surface area contributed by atoms with E-state index in [1.54, 1.807) is 12.1 Å². The molecule has 0 amide bonds. The minimum absolute atomic E-state index is 0.00392. The lowest BCUT2D eigenvalue weighted by molar-refractivity contribution is -0.141. The maximum atomic E-state index is 13.6. The molecule has 6 rings (SSSR count). The Hall–Kier alpha value is -4.23. The number of carbonyl (C=O) groups is 1. The summed E-state index contributed by atoms with van der Waals surface area (Å²) in [6, 6.07) is 14.5. The fourth-order valence-electron chi connectivity index (χ4n) is 5.70. The molecule has 2 fully saturated rings. The van der Waals surface area contributed by atoms with E-state index in [1.165, 1.54) is 30.4 Å². The zero-order valence-corrected chi connectivity index (χ0v) is 24.5. The van der Waals surface area contributed by atoms with Gasteiger partial charge in [-0.05, 0) is 80.5 Å². The Balaban J connectivity index is 1.34. The molecule has 216 valence electrons. The van der Waals surface area contributed by atoms with E-state index in [0.29, 0.717) is 39.2 Å². The summed E-state index contributed by atoms with van der Waals surface area (Å²) in [4.78, 5) is 34.2. The molecule has 1 saturated carbocycles. The highest BCUT2D eigenvalue weighted by Gasteiger charge is 2.28. The molecule has 1 aliphatic heterocycles. The first-order chi connectivity index (χ1) is 20.3. The summed E-state index contributed by atoms with van der Waals surface area (Å²) < 4.78 is 20.5. The molecule has 42 heavy (non-hydrogen) atoms. The molecule has 0 N–H and O–H groups in total. The van der Waals surface area contributed by atoms with Crippen LogP contribution in [0, 0.1) is 23.1 Å². The van der Waals surface area contributed by atoms with Gasteiger partial charge < -0.3 is 19.1 Å². The second-order valence-electron chi connectivity index (χ2n) is 11.1. The van der Waals surface area contributed by atoms with Crippen molar-refractivity contribution in [3.63, 3.8) is 0 Å². The highest BCUT2D eigenvalue weighted by atomic mass is 32.1. The average Bonchev–Trinajstić information content (AvgIpc) is 3.75. The lowest BCUT2D eigenvalue weighted by atomic mass is 9.93. The van der Waals surface area contributed by atoms with Crippen molar-refractivity contribution < 1.29 is 13.9 Å². The third kappa shape index (κ3) is 5.61. The second-order valence-corrected chi connectivity index (χ2v) is 12.1. The Labute approximate surface area is 247 Å². The predicted octanol–water partition coefficient (Wildman–Crippen LogP) is 6.41. The molecule has 2 aromatic heterocycles. The van der Waals surface area contributed by atoms with E-state index >= 15 is 0 Å². The van der Waals surface area contributed by atoms with E-state index in [4.69, 9.17) is 9.72 Å². The molecular formula is C32H32FN5O3S. The number of anilines is 3. The van der Waals surface area contributed by atoms with Crippen molar-refractivity contribution in [1.29, 1.82) is 5.26 Å². The van der Waals surface area contributed by atoms with Crippen molar-refractivity contribution in [2.45, 2.75) is 45.1 Å². The number of rotatable bonds is 8. The molecule has 4 aromatic rings. The number of pyridine rings is 1. The van der Waals surface area contributed by atoms with E-state index in [1.807, 2.05) is 34.8 Å². The number of thiazole rings is 1. The van der Waals surface area contributed by atoms with Gasteiger partial charge in [-0.2, -0.15) is 5.26 Å². The van der Waals surface area contributed by atoms with Crippen LogP contribution in [0.5, 0.6) is 0 Å². The van der Waals surface area contributed by atoms with Gasteiger partial charge in [-0.1, -0.05) is 11.3 Å². The lowest BCUT2D eigenvalue weighted by Gasteiger charge is -2.34. The zero-order chi connectivity index (χ0) is 29.4. The van der Waals surface area contributed by atoms with Crippen LogP contribution in [0.3, 0.4) is 0 Å². The molecule has 0 bridgehead atoms. The summed E-state index contributed by atoms with van der Waals surface area (Å²) in [7, 11) is 1.91. The van der Waals surface area contributed by atoms with E-state index < -0.39 is 0 Å². The van der Waals surface area contributed by atoms with Crippen molar-refractivity contribution in [3.05, 3.63) is 69.7 Å². The van der Waals surface area contributed by atoms with Gasteiger partial charge in [0.15, 0.2) is 5.13 Å². The van der Waals surface area contributed by atoms with E-state index in [2.05, 4.69) is 17.0 Å². The number of piperidine rings is 1. The quantitative estimate of drug-likeness (QED) is 0.221. The summed E-state index contributed by atoms with van der Waals surface area (Å²) in [5.41, 5.74) is 3.10. The van der Waals surface area contributed by atoms with Crippen molar-refractivity contribution in [3.8, 4) is 17.3 Å². The molecule has 3 heterocycles. The molecule has 8 nitrogen and oxygen atoms in total. The maximum absolute atomic E-state index is 13.6. The smallest absolute Gasteiger partial charge is 0.302 e. The topological polar surface area (TPSA) is 91.5 Å². The monoisotopic (exact) mass is 585 g/mol. The summed E-state index contributed by atoms with van der Waals surface area (Å²) >= 11 is 1.28. The van der Waals surface area contributed by atoms with Crippen LogP contribution in [-0.4, -0.2) is 42.3 Å². The molecule has 0 radical (unpaired) electrons. The van der Waals surface area contributed by atoms with Crippen molar-refractivity contribution in [2.24, 2.45) is 5.92 Å². The van der Waals surface area contributed by atoms with Crippen LogP contribution in [0.25, 0.3) is 22.0 Å². The highest BCUT2D eigenvalue weighted by molar-refractivity contribution is 7.16. The summed E-state index contributed by atoms with van der Waals surface area (Å²) in [6.07, 6.45) is 6.78. The summed E-state index contributed by atoms with van der Waals surface area (Å²) in [5, 5.41) is 12.0. The normalized spacial score (nSPS) is 15.5. The number of hydrogen-bond acceptors (Lipinski definition) is 8. The van der Waals surface area contributed by atoms with Crippen LogP contribution >= 0.6 is 11.3 Å². The Morgan fingerprint density at radius 3 is 2.55 bits per heavy atom. The minimum Gasteiger partial charge on any atom is -0.466 e. The molecule has 0 unspecified atom stereocenters. The van der Waals surface area contributed by atoms with E-state index in [9.17, 15) is 19.2 Å². The number of halogens is 1. The molecule has 0 atom stereocenters. The van der Waals surface area contributed by atoms with Crippen LogP contribution in [-0.2, 0) is 9.53 Å². The zero-order valence-electron chi connectivity index (χ0n) is 23.7. The lowest BCUT2D eigenvalue weighted by Crippen LogP contribution is -2.34. The van der Waals surface area contributed by atoms with Gasteiger partial charge in [0.2, 0.25) is 0 Å². The van der Waals surface area contributed by atoms with Gasteiger partial charge in [0.1, 0.15) is 22.5 Å². The van der Waals surface area contributed by atoms with E-state index in [0.717, 1.165) is 62.0 Å². The minimum atomic E-state index is -0.347. The molecule has 2 aromatic carbocycles. The fourth-order valence-corrected chi connectivity index (χ4v) is 6.56. The number of esters is 1. The molecule has 10 heteroatoms. The van der Waals surface area contributed by atoms with Crippen LogP contribution < -0.4 is 15.4 Å². The van der Waals surface area contributed by atoms with E-state index in [-0.39, 0.29) is 23.4 Å². The first-order valence-corrected chi connectivity index (χ1v) is 15.1. The van der Waals surface area contributed by atoms with Crippen LogP contribution in [0.1, 0.15) is 49.9 Å². The Morgan fingerprint density at radius 2 is 1.88 bits per heavy atom. The van der Waals surface area contributed by atoms with Gasteiger partial charge >= 0.3 is 5.97 Å². The molecule has 0 spiro atoms. The van der Waals surface area contributed by atoms with Gasteiger partial charge in [-0.3, -0.25) is 9.59 Å². The number of hydrogen-bond donors (Lipinski definition) is 0. The highest BCUT2D eigenvalue weighted by Crippen LogP contribution is 2.41. The number of nitriles is 1. The first-order valence-electron chi connectivity index (χ1n) is 14.3. The van der Waals surface area contributed by atoms with Crippen molar-refractivity contribution >= 4 is 44.6 Å². The predicted molar refractivity (Wildman–Crippen MR) is 163 cm³/mol. The van der Waals surface area contributed by atoms with Gasteiger partial charge in [0, 0.05) is 61.3 Å². The number of ether oxygens (including phenoxy) is 1. The standard InChI is InChI=1S/C32H32FN5O3S/c1-20(39)41-16-13-21-11-14-37(15-12-21)25-9-10-26-27(17-25)28(19-38(31(26)40)24-7-8-24)36(2)32-35-30(29(18-34)42-32)22-3-5-23(33)6-4-22/h3-6,9-10,17,19,21,24H,7-8,11-16H2,1-2H3. The fraction of sp³-hybridized carbons (Fsp3) is 0.375. The van der Waals surface area contributed by atoms with Gasteiger partial charge in [-0.15, -0.1) is 0 Å². The largest absolute Gasteiger partial charge is 0.466 e. The Bertz CT molecular complexity index is 1730. The van der Waals surface area contributed by atoms with Crippen molar-refractivity contribution in [2.75, 3.05) is 36.5 Å². The van der Waals surface area contributed by atoms with Gasteiger partial charge in [-0.25, -0.2) is 9.37 Å². The molecule has 1 saturated heterocycles. The van der Waals surface area contributed by atoms with Crippen LogP contribution in [0.4, 0.5) is 20.9 Å². The van der Waals surface area contributed by atoms with Crippen molar-refractivity contribution in [1.82, 2.24) is 9.55 Å². The maximum Gasteiger partial charge on any atom is 0.302 e. The second kappa shape index (κ2) is 11.6. The number of fused-ring (bicyclic) bond motifs is 1. The van der Waals surface area contributed by atoms with Gasteiger partial charge in [0.25, 0.3) is 5.56 Å². The third-order valence-electron chi connectivity index (χ3n) is 8.24. The number of carbonyl (C=O) groups excluding carboxylic acids is 1. The average molecular weight is 586 g/mol. The van der Waals surface area contributed by atoms with Crippen LogP contribution in [0.2, 0.25) is 0 Å². The molecular weight excluding hydrogens is 553 g/mol. The summed E-state index contributed by atoms with van der Waals surface area (Å²) in [5.74, 6) is -0.0675. The third-order valence-corrected chi connectivity index (χ3v) is 9.28. The van der Waals surface area contributed by atoms with Gasteiger partial charge in [0.05, 0.1) is 12.3 Å². The SMILES string of the molecule is CC(=O)OCCC1CCN(c2ccc3c(=O)n(C4CC4)cc(N(C)c4nc(-c5ccc(F)cc5)c(C#N)s4)c3c2)CC1. The number of aromatic nitrogens is 2. The molecule has 2 aliphatic rings. The molecule has 1 aliphatic carbocycles. The Kier molecular flexibility index (Phi) is 7.69.